The summed E-state index contributed by atoms with van der Waals surface area (Å²) in [5.74, 6) is 1.11. The lowest BCUT2D eigenvalue weighted by atomic mass is 9.89. The Balaban J connectivity index is 1.47. The fourth-order valence-corrected chi connectivity index (χ4v) is 4.54. The van der Waals surface area contributed by atoms with Gasteiger partial charge in [0.25, 0.3) is 0 Å². The maximum atomic E-state index is 12.8. The number of benzene rings is 1. The van der Waals surface area contributed by atoms with E-state index in [1.54, 1.807) is 6.26 Å². The van der Waals surface area contributed by atoms with Crippen LogP contribution in [0.25, 0.3) is 11.0 Å². The molecule has 0 unspecified atom stereocenters. The number of carbonyl (C=O) groups excluding carboxylic acids is 2. The van der Waals surface area contributed by atoms with Crippen molar-refractivity contribution in [1.82, 2.24) is 10.2 Å². The molecule has 1 aromatic heterocycles. The van der Waals surface area contributed by atoms with Gasteiger partial charge >= 0.3 is 0 Å². The number of amides is 2. The minimum Gasteiger partial charge on any atom is -0.464 e. The summed E-state index contributed by atoms with van der Waals surface area (Å²) in [6, 6.07) is 3.98. The molecule has 138 valence electrons. The van der Waals surface area contributed by atoms with Crippen LogP contribution in [0.3, 0.4) is 0 Å². The minimum absolute atomic E-state index is 0.0762. The Morgan fingerprint density at radius 3 is 2.92 bits per heavy atom. The lowest BCUT2D eigenvalue weighted by molar-refractivity contribution is -0.131. The number of likely N-dealkylation sites (N-methyl/N-ethyl adjacent to an activating group) is 1. The van der Waals surface area contributed by atoms with E-state index in [4.69, 9.17) is 16.0 Å². The molecule has 4 rings (SSSR count). The third-order valence-electron chi connectivity index (χ3n) is 6.04. The summed E-state index contributed by atoms with van der Waals surface area (Å²) >= 11 is 6.23. The predicted octanol–water partition coefficient (Wildman–Crippen LogP) is 3.31. The van der Waals surface area contributed by atoms with Gasteiger partial charge in [-0.25, -0.2) is 0 Å². The number of halogens is 1. The molecule has 2 amide bonds. The predicted molar refractivity (Wildman–Crippen MR) is 100 cm³/mol. The number of nitrogens with one attached hydrogen (secondary N) is 1. The first kappa shape index (κ1) is 17.4. The average Bonchev–Trinajstić information content (AvgIpc) is 3.19. The molecule has 2 aromatic rings. The molecule has 3 atom stereocenters. The first-order chi connectivity index (χ1) is 12.4. The van der Waals surface area contributed by atoms with E-state index in [1.807, 2.05) is 31.0 Å². The van der Waals surface area contributed by atoms with E-state index in [-0.39, 0.29) is 17.9 Å². The van der Waals surface area contributed by atoms with Gasteiger partial charge in [-0.3, -0.25) is 9.59 Å². The molecule has 1 aromatic carbocycles. The van der Waals surface area contributed by atoms with Crippen LogP contribution in [0.5, 0.6) is 0 Å². The van der Waals surface area contributed by atoms with Crippen LogP contribution in [-0.2, 0) is 16.0 Å². The summed E-state index contributed by atoms with van der Waals surface area (Å²) in [6.45, 7) is 2.67. The van der Waals surface area contributed by atoms with Crippen molar-refractivity contribution in [2.24, 2.45) is 11.8 Å². The van der Waals surface area contributed by atoms with Crippen LogP contribution in [0.1, 0.15) is 30.4 Å². The molecule has 0 radical (unpaired) electrons. The molecule has 5 nitrogen and oxygen atoms in total. The van der Waals surface area contributed by atoms with Crippen LogP contribution in [0.2, 0.25) is 5.02 Å². The van der Waals surface area contributed by atoms with E-state index in [2.05, 4.69) is 5.32 Å². The largest absolute Gasteiger partial charge is 0.464 e. The average molecular weight is 375 g/mol. The zero-order chi connectivity index (χ0) is 18.4. The van der Waals surface area contributed by atoms with Gasteiger partial charge in [0.15, 0.2) is 0 Å². The molecule has 1 aliphatic heterocycles. The first-order valence-electron chi connectivity index (χ1n) is 9.11. The summed E-state index contributed by atoms with van der Waals surface area (Å²) in [5, 5.41) is 4.52. The normalized spacial score (nSPS) is 25.2. The fourth-order valence-electron chi connectivity index (χ4n) is 4.38. The Morgan fingerprint density at radius 2 is 2.12 bits per heavy atom. The number of rotatable bonds is 3. The Labute approximate surface area is 157 Å². The van der Waals surface area contributed by atoms with E-state index in [9.17, 15) is 9.59 Å². The highest BCUT2D eigenvalue weighted by molar-refractivity contribution is 6.32. The summed E-state index contributed by atoms with van der Waals surface area (Å²) in [4.78, 5) is 26.3. The molecule has 2 fully saturated rings. The van der Waals surface area contributed by atoms with Gasteiger partial charge in [0.05, 0.1) is 12.7 Å². The number of piperidine rings is 1. The standard InChI is InChI=1S/C20H23ClN2O3/c1-11-3-18-16(8-17(11)21)14(10-26-18)7-20(25)23(2)15-4-12-6-19(24)22-9-13(12)5-15/h3,8,10,12-13,15H,4-7,9H2,1-2H3,(H,22,24)/t12-,13+,15-/m1/s1. The highest BCUT2D eigenvalue weighted by atomic mass is 35.5. The molecule has 0 bridgehead atoms. The summed E-state index contributed by atoms with van der Waals surface area (Å²) < 4.78 is 5.60. The monoisotopic (exact) mass is 374 g/mol. The maximum Gasteiger partial charge on any atom is 0.227 e. The van der Waals surface area contributed by atoms with Crippen molar-refractivity contribution in [1.29, 1.82) is 0 Å². The number of carbonyl (C=O) groups is 2. The van der Waals surface area contributed by atoms with Gasteiger partial charge in [-0.05, 0) is 49.3 Å². The lowest BCUT2D eigenvalue weighted by Gasteiger charge is -2.24. The second-order valence-electron chi connectivity index (χ2n) is 7.69. The van der Waals surface area contributed by atoms with Crippen molar-refractivity contribution >= 4 is 34.4 Å². The Hall–Kier alpha value is -2.01. The fraction of sp³-hybridized carbons (Fsp3) is 0.500. The molecule has 1 N–H and O–H groups in total. The van der Waals surface area contributed by atoms with Crippen LogP contribution in [0.15, 0.2) is 22.8 Å². The zero-order valence-electron chi connectivity index (χ0n) is 15.0. The van der Waals surface area contributed by atoms with Crippen LogP contribution in [-0.4, -0.2) is 36.3 Å². The van der Waals surface area contributed by atoms with E-state index in [1.165, 1.54) is 0 Å². The van der Waals surface area contributed by atoms with Gasteiger partial charge in [-0.15, -0.1) is 0 Å². The van der Waals surface area contributed by atoms with Crippen molar-refractivity contribution in [2.45, 2.75) is 38.6 Å². The van der Waals surface area contributed by atoms with Crippen LogP contribution < -0.4 is 5.32 Å². The Bertz CT molecular complexity index is 875. The molecule has 1 aliphatic carbocycles. The number of nitrogens with zero attached hydrogens (tertiary/aromatic N) is 1. The molecular weight excluding hydrogens is 352 g/mol. The maximum absolute atomic E-state index is 12.8. The molecule has 6 heteroatoms. The van der Waals surface area contributed by atoms with Crippen molar-refractivity contribution in [3.8, 4) is 0 Å². The minimum atomic E-state index is 0.0762. The number of hydrogen-bond donors (Lipinski definition) is 1. The van der Waals surface area contributed by atoms with Gasteiger partial charge < -0.3 is 14.6 Å². The smallest absolute Gasteiger partial charge is 0.227 e. The number of furan rings is 1. The van der Waals surface area contributed by atoms with Gasteiger partial charge in [0, 0.05) is 42.0 Å². The first-order valence-corrected chi connectivity index (χ1v) is 9.48. The zero-order valence-corrected chi connectivity index (χ0v) is 15.8. The van der Waals surface area contributed by atoms with Crippen LogP contribution in [0.4, 0.5) is 0 Å². The topological polar surface area (TPSA) is 62.6 Å². The van der Waals surface area contributed by atoms with Gasteiger partial charge in [-0.2, -0.15) is 0 Å². The second-order valence-corrected chi connectivity index (χ2v) is 8.10. The third kappa shape index (κ3) is 3.09. The summed E-state index contributed by atoms with van der Waals surface area (Å²) in [6.07, 6.45) is 4.42. The number of fused-ring (bicyclic) bond motifs is 2. The van der Waals surface area contributed by atoms with Gasteiger partial charge in [0.2, 0.25) is 11.8 Å². The van der Waals surface area contributed by atoms with E-state index in [0.717, 1.165) is 41.5 Å². The molecule has 1 saturated heterocycles. The molecular formula is C20H23ClN2O3. The Kier molecular flexibility index (Phi) is 4.43. The highest BCUT2D eigenvalue weighted by Crippen LogP contribution is 2.38. The lowest BCUT2D eigenvalue weighted by Crippen LogP contribution is -2.38. The van der Waals surface area contributed by atoms with E-state index in [0.29, 0.717) is 29.7 Å². The third-order valence-corrected chi connectivity index (χ3v) is 6.45. The van der Waals surface area contributed by atoms with E-state index >= 15 is 0 Å². The molecule has 2 heterocycles. The highest BCUT2D eigenvalue weighted by Gasteiger charge is 2.40. The Morgan fingerprint density at radius 1 is 1.35 bits per heavy atom. The van der Waals surface area contributed by atoms with Crippen molar-refractivity contribution in [2.75, 3.05) is 13.6 Å². The van der Waals surface area contributed by atoms with Gasteiger partial charge in [0.1, 0.15) is 5.58 Å². The van der Waals surface area contributed by atoms with Crippen LogP contribution in [0, 0.1) is 18.8 Å². The molecule has 2 aliphatic rings. The second kappa shape index (κ2) is 6.62. The number of aryl methyl sites for hydroxylation is 1. The van der Waals surface area contributed by atoms with Crippen molar-refractivity contribution < 1.29 is 14.0 Å². The van der Waals surface area contributed by atoms with Crippen LogP contribution >= 0.6 is 11.6 Å². The molecule has 0 spiro atoms. The molecule has 1 saturated carbocycles. The van der Waals surface area contributed by atoms with Crippen molar-refractivity contribution in [3.05, 3.63) is 34.5 Å². The molecule has 26 heavy (non-hydrogen) atoms. The number of hydrogen-bond acceptors (Lipinski definition) is 3. The summed E-state index contributed by atoms with van der Waals surface area (Å²) in [5.41, 5.74) is 2.58. The van der Waals surface area contributed by atoms with Gasteiger partial charge in [-0.1, -0.05) is 11.6 Å². The van der Waals surface area contributed by atoms with Crippen molar-refractivity contribution in [3.63, 3.8) is 0 Å². The quantitative estimate of drug-likeness (QED) is 0.896. The summed E-state index contributed by atoms with van der Waals surface area (Å²) in [7, 11) is 1.87. The SMILES string of the molecule is Cc1cc2occ(CC(=O)N(C)[C@H]3C[C@H]4CNC(=O)C[C@H]4C3)c2cc1Cl. The van der Waals surface area contributed by atoms with E-state index < -0.39 is 0 Å².